The Morgan fingerprint density at radius 2 is 2.00 bits per heavy atom. The topological polar surface area (TPSA) is 18.5 Å². The molecule has 0 spiro atoms. The van der Waals surface area contributed by atoms with Crippen molar-refractivity contribution in [3.8, 4) is 23.3 Å². The molecule has 2 rings (SSSR count). The molecule has 5 heteroatoms. The van der Waals surface area contributed by atoms with Gasteiger partial charge >= 0.3 is 6.29 Å². The highest BCUT2D eigenvalue weighted by Crippen LogP contribution is 2.40. The zero-order valence-corrected chi connectivity index (χ0v) is 9.06. The largest absolute Gasteiger partial charge is 0.586 e. The molecular weight excluding hydrogens is 234 g/mol. The second kappa shape index (κ2) is 4.22. The van der Waals surface area contributed by atoms with E-state index >= 15 is 0 Å². The first kappa shape index (κ1) is 11.1. The molecule has 0 aromatic heterocycles. The number of fused-ring (bicyclic) bond motifs is 1. The van der Waals surface area contributed by atoms with Crippen molar-refractivity contribution in [2.24, 2.45) is 0 Å². The molecule has 84 valence electrons. The molecule has 1 aromatic rings. The van der Waals surface area contributed by atoms with Gasteiger partial charge in [0, 0.05) is 23.8 Å². The molecule has 0 N–H and O–H groups in total. The van der Waals surface area contributed by atoms with E-state index in [2.05, 4.69) is 33.9 Å². The van der Waals surface area contributed by atoms with Crippen LogP contribution < -0.4 is 9.47 Å². The summed E-state index contributed by atoms with van der Waals surface area (Å²) in [7, 11) is 0. The minimum absolute atomic E-state index is 0.0164. The minimum atomic E-state index is -3.57. The molecule has 1 aliphatic heterocycles. The highest BCUT2D eigenvalue weighted by atomic mass is 32.1. The van der Waals surface area contributed by atoms with Crippen molar-refractivity contribution in [2.75, 3.05) is 5.75 Å². The summed E-state index contributed by atoms with van der Waals surface area (Å²) in [6, 6.07) is 4.46. The molecule has 0 unspecified atom stereocenters. The van der Waals surface area contributed by atoms with E-state index in [1.54, 1.807) is 6.07 Å². The molecular formula is C11H8F2O2S. The van der Waals surface area contributed by atoms with Gasteiger partial charge in [0.25, 0.3) is 0 Å². The van der Waals surface area contributed by atoms with Crippen LogP contribution in [0.3, 0.4) is 0 Å². The van der Waals surface area contributed by atoms with Crippen molar-refractivity contribution in [3.05, 3.63) is 23.8 Å². The molecule has 1 aromatic carbocycles. The summed E-state index contributed by atoms with van der Waals surface area (Å²) in [5.74, 6) is 6.39. The summed E-state index contributed by atoms with van der Waals surface area (Å²) in [4.78, 5) is 0. The van der Waals surface area contributed by atoms with E-state index in [9.17, 15) is 8.78 Å². The lowest BCUT2D eigenvalue weighted by atomic mass is 10.2. The summed E-state index contributed by atoms with van der Waals surface area (Å²) in [5, 5.41) is 0. The maximum atomic E-state index is 12.7. The minimum Gasteiger partial charge on any atom is -0.395 e. The van der Waals surface area contributed by atoms with Gasteiger partial charge < -0.3 is 9.47 Å². The molecule has 0 saturated carbocycles. The maximum Gasteiger partial charge on any atom is 0.586 e. The normalized spacial score (nSPS) is 15.4. The van der Waals surface area contributed by atoms with Crippen molar-refractivity contribution in [3.63, 3.8) is 0 Å². The number of rotatable bonds is 1. The molecule has 2 nitrogen and oxygen atoms in total. The average Bonchev–Trinajstić information content (AvgIpc) is 2.51. The van der Waals surface area contributed by atoms with E-state index < -0.39 is 6.29 Å². The molecule has 0 bridgehead atoms. The molecule has 0 fully saturated rings. The van der Waals surface area contributed by atoms with Gasteiger partial charge in [-0.15, -0.1) is 8.78 Å². The molecule has 1 heterocycles. The third kappa shape index (κ3) is 2.39. The van der Waals surface area contributed by atoms with Crippen LogP contribution in [0.4, 0.5) is 8.78 Å². The van der Waals surface area contributed by atoms with Crippen LogP contribution in [-0.4, -0.2) is 12.0 Å². The van der Waals surface area contributed by atoms with Crippen molar-refractivity contribution in [2.45, 2.75) is 12.7 Å². The van der Waals surface area contributed by atoms with Crippen LogP contribution >= 0.6 is 12.6 Å². The van der Waals surface area contributed by atoms with Crippen LogP contribution in [0.25, 0.3) is 0 Å². The fourth-order valence-corrected chi connectivity index (χ4v) is 1.36. The van der Waals surface area contributed by atoms with Gasteiger partial charge in [-0.1, -0.05) is 11.8 Å². The van der Waals surface area contributed by atoms with Gasteiger partial charge in [-0.05, 0) is 12.1 Å². The van der Waals surface area contributed by atoms with Gasteiger partial charge in [-0.3, -0.25) is 0 Å². The lowest BCUT2D eigenvalue weighted by molar-refractivity contribution is -0.286. The Morgan fingerprint density at radius 3 is 2.75 bits per heavy atom. The molecule has 0 saturated heterocycles. The number of thiol groups is 1. The molecule has 0 aliphatic carbocycles. The maximum absolute atomic E-state index is 12.7. The smallest absolute Gasteiger partial charge is 0.395 e. The first-order chi connectivity index (χ1) is 7.61. The van der Waals surface area contributed by atoms with Crippen LogP contribution in [0.2, 0.25) is 0 Å². The van der Waals surface area contributed by atoms with Gasteiger partial charge in [0.2, 0.25) is 0 Å². The Hall–Kier alpha value is -1.41. The van der Waals surface area contributed by atoms with E-state index in [0.717, 1.165) is 0 Å². The first-order valence-corrected chi connectivity index (χ1v) is 5.23. The number of alkyl halides is 2. The molecule has 16 heavy (non-hydrogen) atoms. The monoisotopic (exact) mass is 242 g/mol. The van der Waals surface area contributed by atoms with Crippen molar-refractivity contribution >= 4 is 12.6 Å². The Bertz CT molecular complexity index is 463. The molecule has 0 atom stereocenters. The van der Waals surface area contributed by atoms with Gasteiger partial charge in [0.05, 0.1) is 0 Å². The predicted octanol–water partition coefficient (Wildman–Crippen LogP) is 2.68. The van der Waals surface area contributed by atoms with Crippen LogP contribution in [0, 0.1) is 11.8 Å². The lowest BCUT2D eigenvalue weighted by Gasteiger charge is -2.04. The Labute approximate surface area is 97.0 Å². The van der Waals surface area contributed by atoms with Crippen molar-refractivity contribution < 1.29 is 18.3 Å². The van der Waals surface area contributed by atoms with Gasteiger partial charge in [0.15, 0.2) is 11.5 Å². The zero-order valence-electron chi connectivity index (χ0n) is 8.17. The zero-order chi connectivity index (χ0) is 11.6. The number of halogens is 2. The van der Waals surface area contributed by atoms with Crippen LogP contribution in [-0.2, 0) is 0 Å². The summed E-state index contributed by atoms with van der Waals surface area (Å²) in [6.07, 6.45) is -2.92. The van der Waals surface area contributed by atoms with Gasteiger partial charge in [0.1, 0.15) is 0 Å². The SMILES string of the molecule is FC1(F)Oc2ccc(C#CCCS)cc2O1. The van der Waals surface area contributed by atoms with Crippen molar-refractivity contribution in [1.29, 1.82) is 0 Å². The number of hydrogen-bond donors (Lipinski definition) is 1. The first-order valence-electron chi connectivity index (χ1n) is 4.60. The van der Waals surface area contributed by atoms with Crippen LogP contribution in [0.15, 0.2) is 18.2 Å². The molecule has 0 radical (unpaired) electrons. The van der Waals surface area contributed by atoms with Crippen LogP contribution in [0.5, 0.6) is 11.5 Å². The van der Waals surface area contributed by atoms with E-state index in [0.29, 0.717) is 17.7 Å². The fraction of sp³-hybridized carbons (Fsp3) is 0.273. The fourth-order valence-electron chi connectivity index (χ4n) is 1.25. The lowest BCUT2D eigenvalue weighted by Crippen LogP contribution is -2.25. The third-order valence-corrected chi connectivity index (χ3v) is 2.09. The van der Waals surface area contributed by atoms with E-state index in [4.69, 9.17) is 0 Å². The summed E-state index contributed by atoms with van der Waals surface area (Å²) < 4.78 is 33.9. The number of hydrogen-bond acceptors (Lipinski definition) is 3. The average molecular weight is 242 g/mol. The standard InChI is InChI=1S/C11H8F2O2S/c12-11(13)14-9-5-4-8(3-1-2-6-16)7-10(9)15-11/h4-5,7,16H,2,6H2. The van der Waals surface area contributed by atoms with E-state index in [1.807, 2.05) is 0 Å². The third-order valence-electron chi connectivity index (χ3n) is 1.87. The summed E-state index contributed by atoms with van der Waals surface area (Å²) in [6.45, 7) is 0. The number of benzene rings is 1. The van der Waals surface area contributed by atoms with Gasteiger partial charge in [-0.25, -0.2) is 0 Å². The van der Waals surface area contributed by atoms with Gasteiger partial charge in [-0.2, -0.15) is 12.6 Å². The second-order valence-corrected chi connectivity index (χ2v) is 3.55. The molecule has 1 aliphatic rings. The Morgan fingerprint density at radius 1 is 1.25 bits per heavy atom. The second-order valence-electron chi connectivity index (χ2n) is 3.10. The Kier molecular flexibility index (Phi) is 2.92. The predicted molar refractivity (Wildman–Crippen MR) is 58.0 cm³/mol. The summed E-state index contributed by atoms with van der Waals surface area (Å²) in [5.41, 5.74) is 0.613. The van der Waals surface area contributed by atoms with E-state index in [-0.39, 0.29) is 11.5 Å². The highest BCUT2D eigenvalue weighted by Gasteiger charge is 2.43. The highest BCUT2D eigenvalue weighted by molar-refractivity contribution is 7.80. The van der Waals surface area contributed by atoms with E-state index in [1.165, 1.54) is 12.1 Å². The van der Waals surface area contributed by atoms with Crippen LogP contribution in [0.1, 0.15) is 12.0 Å². The van der Waals surface area contributed by atoms with Crippen molar-refractivity contribution in [1.82, 2.24) is 0 Å². The molecule has 0 amide bonds. The quantitative estimate of drug-likeness (QED) is 0.603. The number of ether oxygens (including phenoxy) is 2. The summed E-state index contributed by atoms with van der Waals surface area (Å²) >= 11 is 4.01. The Balaban J connectivity index is 2.20.